The Morgan fingerprint density at radius 3 is 2.32 bits per heavy atom. The minimum absolute atomic E-state index is 0.00320. The standard InChI is InChI=1S/C32H31NO4Se/c1-31(2,3)37-30(36)33-24-12-10-22(11-13-24)26-16-18-32(4,5)28-20-25(14-15-27(26)28)38-19-17-21-6-8-23(9-7-21)29(34)35/h6-16,20H,18H2,1-5H3,(H,33,36)(H,34,35). The van der Waals surface area contributed by atoms with Crippen molar-refractivity contribution in [2.75, 3.05) is 5.32 Å². The van der Waals surface area contributed by atoms with Crippen molar-refractivity contribution >= 4 is 42.7 Å². The Kier molecular flexibility index (Phi) is 7.83. The molecule has 1 amide bonds. The van der Waals surface area contributed by atoms with E-state index in [1.165, 1.54) is 21.2 Å². The van der Waals surface area contributed by atoms with E-state index in [-0.39, 0.29) is 25.9 Å². The fourth-order valence-corrected chi connectivity index (χ4v) is 5.48. The first-order chi connectivity index (χ1) is 17.9. The molecule has 3 aromatic rings. The Labute approximate surface area is 230 Å². The van der Waals surface area contributed by atoms with E-state index in [4.69, 9.17) is 9.84 Å². The monoisotopic (exact) mass is 573 g/mol. The van der Waals surface area contributed by atoms with Crippen molar-refractivity contribution in [3.8, 4) is 10.7 Å². The van der Waals surface area contributed by atoms with Gasteiger partial charge in [0.1, 0.15) is 5.60 Å². The number of fused-ring (bicyclic) bond motifs is 1. The number of aromatic carboxylic acids is 1. The molecule has 0 bridgehead atoms. The summed E-state index contributed by atoms with van der Waals surface area (Å²) >= 11 is -0.0348. The van der Waals surface area contributed by atoms with E-state index in [2.05, 4.69) is 54.2 Å². The maximum atomic E-state index is 12.1. The van der Waals surface area contributed by atoms with Crippen LogP contribution in [0.4, 0.5) is 10.5 Å². The van der Waals surface area contributed by atoms with E-state index in [9.17, 15) is 9.59 Å². The van der Waals surface area contributed by atoms with E-state index < -0.39 is 17.7 Å². The Morgan fingerprint density at radius 2 is 1.68 bits per heavy atom. The molecular weight excluding hydrogens is 541 g/mol. The number of amides is 1. The number of nitrogens with one attached hydrogen (secondary N) is 1. The summed E-state index contributed by atoms with van der Waals surface area (Å²) in [5.41, 5.74) is 6.01. The van der Waals surface area contributed by atoms with Crippen LogP contribution in [0.1, 0.15) is 73.7 Å². The molecule has 0 unspecified atom stereocenters. The van der Waals surface area contributed by atoms with Crippen LogP contribution in [0.25, 0.3) is 5.57 Å². The van der Waals surface area contributed by atoms with Gasteiger partial charge in [0.05, 0.1) is 0 Å². The first kappa shape index (κ1) is 27.3. The molecule has 1 aliphatic rings. The van der Waals surface area contributed by atoms with Crippen LogP contribution in [0.3, 0.4) is 0 Å². The first-order valence-corrected chi connectivity index (χ1v) is 14.1. The van der Waals surface area contributed by atoms with Crippen LogP contribution in [0.5, 0.6) is 0 Å². The molecule has 5 nitrogen and oxygen atoms in total. The molecule has 0 saturated carbocycles. The molecule has 0 aromatic heterocycles. The molecule has 1 aliphatic carbocycles. The van der Waals surface area contributed by atoms with Crippen LogP contribution in [-0.2, 0) is 10.2 Å². The molecule has 4 rings (SSSR count). The van der Waals surface area contributed by atoms with Gasteiger partial charge in [-0.1, -0.05) is 0 Å². The molecule has 3 aromatic carbocycles. The predicted octanol–water partition coefficient (Wildman–Crippen LogP) is 6.18. The quantitative estimate of drug-likeness (QED) is 0.289. The summed E-state index contributed by atoms with van der Waals surface area (Å²) in [7, 11) is 0. The van der Waals surface area contributed by atoms with Crippen LogP contribution in [0.15, 0.2) is 72.8 Å². The summed E-state index contributed by atoms with van der Waals surface area (Å²) in [6.07, 6.45) is 2.75. The van der Waals surface area contributed by atoms with Crippen LogP contribution in [0, 0.1) is 10.7 Å². The molecular formula is C32H31NO4Se. The molecule has 6 heteroatoms. The number of rotatable bonds is 4. The second-order valence-electron chi connectivity index (χ2n) is 10.8. The number of hydrogen-bond donors (Lipinski definition) is 2. The van der Waals surface area contributed by atoms with E-state index in [0.29, 0.717) is 5.69 Å². The van der Waals surface area contributed by atoms with Crippen LogP contribution in [-0.4, -0.2) is 37.7 Å². The third-order valence-electron chi connectivity index (χ3n) is 6.16. The van der Waals surface area contributed by atoms with E-state index in [1.807, 2.05) is 45.0 Å². The van der Waals surface area contributed by atoms with Gasteiger partial charge in [0.25, 0.3) is 0 Å². The predicted molar refractivity (Wildman–Crippen MR) is 153 cm³/mol. The number of carboxylic acids is 1. The van der Waals surface area contributed by atoms with Gasteiger partial charge in [0, 0.05) is 0 Å². The molecule has 0 radical (unpaired) electrons. The molecule has 38 heavy (non-hydrogen) atoms. The molecule has 2 N–H and O–H groups in total. The molecule has 0 heterocycles. The van der Waals surface area contributed by atoms with E-state index >= 15 is 0 Å². The van der Waals surface area contributed by atoms with Gasteiger partial charge >= 0.3 is 205 Å². The molecule has 0 atom stereocenters. The maximum absolute atomic E-state index is 12.1. The number of carboxylic acid groups (broad SMARTS) is 1. The van der Waals surface area contributed by atoms with Gasteiger partial charge < -0.3 is 0 Å². The topological polar surface area (TPSA) is 75.6 Å². The Hall–Kier alpha value is -3.78. The second-order valence-corrected chi connectivity index (χ2v) is 12.7. The Bertz CT molecular complexity index is 1450. The van der Waals surface area contributed by atoms with E-state index in [0.717, 1.165) is 17.5 Å². The summed E-state index contributed by atoms with van der Waals surface area (Å²) in [4.78, 5) is 26.4. The van der Waals surface area contributed by atoms with Gasteiger partial charge in [-0.25, -0.2) is 0 Å². The van der Waals surface area contributed by atoms with Crippen molar-refractivity contribution in [1.82, 2.24) is 0 Å². The SMILES string of the molecule is CC(C)(C)OC(=O)Nc1ccc(C2=CCC(C)(C)c3cc([Se]C#Cc4ccc(C(=O)O)cc4)ccc32)cc1. The van der Waals surface area contributed by atoms with Crippen LogP contribution in [0.2, 0.25) is 0 Å². The van der Waals surface area contributed by atoms with Crippen molar-refractivity contribution in [1.29, 1.82) is 0 Å². The Morgan fingerprint density at radius 1 is 1.00 bits per heavy atom. The van der Waals surface area contributed by atoms with Gasteiger partial charge in [-0.05, 0) is 20.8 Å². The summed E-state index contributed by atoms with van der Waals surface area (Å²) in [6, 6.07) is 21.1. The average molecular weight is 573 g/mol. The van der Waals surface area contributed by atoms with Gasteiger partial charge in [0.2, 0.25) is 0 Å². The van der Waals surface area contributed by atoms with Crippen molar-refractivity contribution < 1.29 is 19.4 Å². The number of carbonyl (C=O) groups is 2. The number of ether oxygens (including phenoxy) is 1. The summed E-state index contributed by atoms with van der Waals surface area (Å²) in [5.74, 6) is 2.22. The van der Waals surface area contributed by atoms with E-state index in [1.54, 1.807) is 24.3 Å². The minimum atomic E-state index is -0.938. The molecule has 194 valence electrons. The average Bonchev–Trinajstić information content (AvgIpc) is 2.84. The third-order valence-corrected chi connectivity index (χ3v) is 7.62. The number of allylic oxidation sites excluding steroid dienone is 1. The summed E-state index contributed by atoms with van der Waals surface area (Å²) in [5, 5.41) is 11.8. The zero-order chi connectivity index (χ0) is 27.5. The number of hydrogen-bond acceptors (Lipinski definition) is 3. The zero-order valence-corrected chi connectivity index (χ0v) is 23.9. The van der Waals surface area contributed by atoms with Crippen molar-refractivity contribution in [2.45, 2.75) is 52.1 Å². The van der Waals surface area contributed by atoms with Gasteiger partial charge in [0.15, 0.2) is 0 Å². The van der Waals surface area contributed by atoms with Crippen molar-refractivity contribution in [3.63, 3.8) is 0 Å². The fraction of sp³-hybridized carbons (Fsp3) is 0.250. The normalized spacial score (nSPS) is 13.9. The fourth-order valence-electron chi connectivity index (χ4n) is 4.23. The molecule has 0 fully saturated rings. The summed E-state index contributed by atoms with van der Waals surface area (Å²) in [6.45, 7) is 10.0. The molecule has 0 saturated heterocycles. The zero-order valence-electron chi connectivity index (χ0n) is 22.2. The van der Waals surface area contributed by atoms with Gasteiger partial charge in [-0.15, -0.1) is 0 Å². The number of benzene rings is 3. The molecule has 0 aliphatic heterocycles. The van der Waals surface area contributed by atoms with Gasteiger partial charge in [-0.2, -0.15) is 0 Å². The Balaban J connectivity index is 1.51. The van der Waals surface area contributed by atoms with Crippen molar-refractivity contribution in [2.24, 2.45) is 0 Å². The van der Waals surface area contributed by atoms with Gasteiger partial charge in [-0.3, -0.25) is 0 Å². The van der Waals surface area contributed by atoms with Crippen LogP contribution < -0.4 is 9.78 Å². The molecule has 0 spiro atoms. The third kappa shape index (κ3) is 6.75. The number of carbonyl (C=O) groups excluding carboxylic acids is 1. The number of anilines is 1. The second kappa shape index (κ2) is 10.9. The van der Waals surface area contributed by atoms with Crippen molar-refractivity contribution in [3.05, 3.63) is 101 Å². The summed E-state index contributed by atoms with van der Waals surface area (Å²) < 4.78 is 6.55. The first-order valence-electron chi connectivity index (χ1n) is 12.4. The van der Waals surface area contributed by atoms with Crippen LogP contribution >= 0.6 is 0 Å².